The summed E-state index contributed by atoms with van der Waals surface area (Å²) in [4.78, 5) is 19.9. The third-order valence-corrected chi connectivity index (χ3v) is 6.27. The number of methoxy groups -OCH3 is 1. The molecule has 5 nitrogen and oxygen atoms in total. The fraction of sp³-hybridized carbons (Fsp3) is 0.458. The summed E-state index contributed by atoms with van der Waals surface area (Å²) >= 11 is 0. The van der Waals surface area contributed by atoms with Crippen molar-refractivity contribution in [3.63, 3.8) is 0 Å². The Bertz CT molecular complexity index is 803. The number of rotatable bonds is 4. The zero-order valence-corrected chi connectivity index (χ0v) is 17.5. The normalized spacial score (nSPS) is 18.1. The van der Waals surface area contributed by atoms with Crippen molar-refractivity contribution in [2.24, 2.45) is 5.92 Å². The van der Waals surface area contributed by atoms with Gasteiger partial charge in [-0.1, -0.05) is 17.7 Å². The number of carbonyl (C=O) groups excluding carboxylic acids is 1. The Morgan fingerprint density at radius 3 is 1.86 bits per heavy atom. The number of nitrogens with zero attached hydrogens (tertiary/aromatic N) is 3. The van der Waals surface area contributed by atoms with E-state index in [-0.39, 0.29) is 5.92 Å². The molecule has 1 amide bonds. The molecule has 2 heterocycles. The van der Waals surface area contributed by atoms with Crippen LogP contribution in [-0.2, 0) is 4.79 Å². The summed E-state index contributed by atoms with van der Waals surface area (Å²) in [6.45, 7) is 7.44. The summed E-state index contributed by atoms with van der Waals surface area (Å²) in [7, 11) is 1.69. The Morgan fingerprint density at radius 2 is 1.31 bits per heavy atom. The molecule has 2 saturated heterocycles. The van der Waals surface area contributed by atoms with Crippen molar-refractivity contribution in [3.05, 3.63) is 54.1 Å². The van der Waals surface area contributed by atoms with Gasteiger partial charge in [-0.3, -0.25) is 4.79 Å². The first-order chi connectivity index (χ1) is 14.1. The second-order valence-corrected chi connectivity index (χ2v) is 8.11. The predicted molar refractivity (Wildman–Crippen MR) is 118 cm³/mol. The Hall–Kier alpha value is -2.69. The van der Waals surface area contributed by atoms with E-state index in [0.717, 1.165) is 57.9 Å². The molecule has 0 N–H and O–H groups in total. The molecule has 2 fully saturated rings. The average molecular weight is 394 g/mol. The van der Waals surface area contributed by atoms with Crippen molar-refractivity contribution in [2.45, 2.75) is 19.8 Å². The lowest BCUT2D eigenvalue weighted by Gasteiger charge is -2.39. The summed E-state index contributed by atoms with van der Waals surface area (Å²) in [5.41, 5.74) is 3.76. The zero-order chi connectivity index (χ0) is 20.2. The Kier molecular flexibility index (Phi) is 5.93. The first kappa shape index (κ1) is 19.6. The molecule has 0 bridgehead atoms. The molecular formula is C24H31N3O2. The van der Waals surface area contributed by atoms with E-state index in [1.807, 2.05) is 12.1 Å². The van der Waals surface area contributed by atoms with E-state index >= 15 is 0 Å². The summed E-state index contributed by atoms with van der Waals surface area (Å²) in [5, 5.41) is 0. The van der Waals surface area contributed by atoms with E-state index in [9.17, 15) is 4.79 Å². The predicted octanol–water partition coefficient (Wildman–Crippen LogP) is 3.57. The van der Waals surface area contributed by atoms with Crippen LogP contribution in [0.15, 0.2) is 48.5 Å². The minimum atomic E-state index is 0.171. The highest BCUT2D eigenvalue weighted by Crippen LogP contribution is 2.26. The first-order valence-corrected chi connectivity index (χ1v) is 10.6. The summed E-state index contributed by atoms with van der Waals surface area (Å²) in [6, 6.07) is 16.9. The minimum Gasteiger partial charge on any atom is -0.497 e. The highest BCUT2D eigenvalue weighted by atomic mass is 16.5. The Labute approximate surface area is 173 Å². The van der Waals surface area contributed by atoms with Crippen molar-refractivity contribution < 1.29 is 9.53 Å². The van der Waals surface area contributed by atoms with Gasteiger partial charge in [0.25, 0.3) is 0 Å². The Balaban J connectivity index is 1.27. The monoisotopic (exact) mass is 393 g/mol. The van der Waals surface area contributed by atoms with E-state index in [1.54, 1.807) is 7.11 Å². The number of piperazine rings is 1. The van der Waals surface area contributed by atoms with Gasteiger partial charge in [-0.15, -0.1) is 0 Å². The lowest BCUT2D eigenvalue weighted by molar-refractivity contribution is -0.136. The van der Waals surface area contributed by atoms with E-state index in [0.29, 0.717) is 5.91 Å². The quantitative estimate of drug-likeness (QED) is 0.796. The molecule has 4 rings (SSSR count). The number of benzene rings is 2. The Morgan fingerprint density at radius 1 is 0.793 bits per heavy atom. The average Bonchev–Trinajstić information content (AvgIpc) is 2.79. The molecule has 0 saturated carbocycles. The second-order valence-electron chi connectivity index (χ2n) is 8.11. The van der Waals surface area contributed by atoms with Gasteiger partial charge in [-0.05, 0) is 56.2 Å². The number of amides is 1. The summed E-state index contributed by atoms with van der Waals surface area (Å²) in [6.07, 6.45) is 1.90. The molecule has 0 aromatic heterocycles. The molecule has 0 radical (unpaired) electrons. The van der Waals surface area contributed by atoms with Crippen LogP contribution in [0.5, 0.6) is 5.75 Å². The minimum absolute atomic E-state index is 0.171. The second kappa shape index (κ2) is 8.76. The third kappa shape index (κ3) is 4.50. The van der Waals surface area contributed by atoms with Gasteiger partial charge in [0, 0.05) is 56.6 Å². The number of hydrogen-bond acceptors (Lipinski definition) is 4. The molecular weight excluding hydrogens is 362 g/mol. The number of piperidine rings is 1. The van der Waals surface area contributed by atoms with Crippen LogP contribution in [0.4, 0.5) is 11.4 Å². The maximum absolute atomic E-state index is 13.0. The summed E-state index contributed by atoms with van der Waals surface area (Å²) < 4.78 is 5.24. The van der Waals surface area contributed by atoms with Crippen molar-refractivity contribution in [1.82, 2.24) is 4.90 Å². The molecule has 2 aromatic carbocycles. The third-order valence-electron chi connectivity index (χ3n) is 6.27. The van der Waals surface area contributed by atoms with Gasteiger partial charge in [0.1, 0.15) is 5.75 Å². The largest absolute Gasteiger partial charge is 0.497 e. The fourth-order valence-electron chi connectivity index (χ4n) is 4.38. The maximum Gasteiger partial charge on any atom is 0.225 e. The molecule has 154 valence electrons. The van der Waals surface area contributed by atoms with Crippen molar-refractivity contribution in [3.8, 4) is 5.75 Å². The van der Waals surface area contributed by atoms with Crippen LogP contribution in [0.2, 0.25) is 0 Å². The van der Waals surface area contributed by atoms with Crippen LogP contribution in [0.25, 0.3) is 0 Å². The van der Waals surface area contributed by atoms with Gasteiger partial charge < -0.3 is 19.4 Å². The maximum atomic E-state index is 13.0. The van der Waals surface area contributed by atoms with Crippen LogP contribution in [0, 0.1) is 12.8 Å². The van der Waals surface area contributed by atoms with Crippen molar-refractivity contribution in [1.29, 1.82) is 0 Å². The molecule has 29 heavy (non-hydrogen) atoms. The zero-order valence-electron chi connectivity index (χ0n) is 17.5. The van der Waals surface area contributed by atoms with Crippen LogP contribution >= 0.6 is 0 Å². The highest BCUT2D eigenvalue weighted by Gasteiger charge is 2.30. The molecule has 0 spiro atoms. The van der Waals surface area contributed by atoms with Gasteiger partial charge in [0.15, 0.2) is 0 Å². The number of aryl methyl sites for hydroxylation is 1. The molecule has 2 aromatic rings. The van der Waals surface area contributed by atoms with Crippen molar-refractivity contribution in [2.75, 3.05) is 56.2 Å². The van der Waals surface area contributed by atoms with Crippen LogP contribution in [-0.4, -0.2) is 57.2 Å². The lowest BCUT2D eigenvalue weighted by Crippen LogP contribution is -2.51. The van der Waals surface area contributed by atoms with Gasteiger partial charge in [-0.2, -0.15) is 0 Å². The van der Waals surface area contributed by atoms with E-state index in [4.69, 9.17) is 4.74 Å². The molecule has 2 aliphatic heterocycles. The number of ether oxygens (including phenoxy) is 1. The standard InChI is InChI=1S/C24H31N3O2/c1-19-3-5-21(6-4-19)25-13-11-20(12-14-25)24(28)27-17-15-26(16-18-27)22-7-9-23(29-2)10-8-22/h3-10,20H,11-18H2,1-2H3. The topological polar surface area (TPSA) is 36.0 Å². The van der Waals surface area contributed by atoms with Gasteiger partial charge in [-0.25, -0.2) is 0 Å². The smallest absolute Gasteiger partial charge is 0.225 e. The molecule has 0 aliphatic carbocycles. The fourth-order valence-corrected chi connectivity index (χ4v) is 4.38. The van der Waals surface area contributed by atoms with E-state index in [2.05, 4.69) is 58.0 Å². The SMILES string of the molecule is COc1ccc(N2CCN(C(=O)C3CCN(c4ccc(C)cc4)CC3)CC2)cc1. The van der Waals surface area contributed by atoms with Crippen LogP contribution < -0.4 is 14.5 Å². The number of anilines is 2. The van der Waals surface area contributed by atoms with E-state index < -0.39 is 0 Å². The summed E-state index contributed by atoms with van der Waals surface area (Å²) in [5.74, 6) is 1.40. The first-order valence-electron chi connectivity index (χ1n) is 10.6. The number of hydrogen-bond donors (Lipinski definition) is 0. The number of carbonyl (C=O) groups is 1. The van der Waals surface area contributed by atoms with Gasteiger partial charge in [0.05, 0.1) is 7.11 Å². The highest BCUT2D eigenvalue weighted by molar-refractivity contribution is 5.79. The molecule has 2 aliphatic rings. The van der Waals surface area contributed by atoms with Gasteiger partial charge >= 0.3 is 0 Å². The van der Waals surface area contributed by atoms with Crippen LogP contribution in [0.3, 0.4) is 0 Å². The lowest BCUT2D eigenvalue weighted by atomic mass is 9.94. The molecule has 0 atom stereocenters. The van der Waals surface area contributed by atoms with Crippen molar-refractivity contribution >= 4 is 17.3 Å². The van der Waals surface area contributed by atoms with Gasteiger partial charge in [0.2, 0.25) is 5.91 Å². The molecule has 5 heteroatoms. The molecule has 0 unspecified atom stereocenters. The van der Waals surface area contributed by atoms with E-state index in [1.165, 1.54) is 16.9 Å². The van der Waals surface area contributed by atoms with Crippen LogP contribution in [0.1, 0.15) is 18.4 Å².